The van der Waals surface area contributed by atoms with Crippen LogP contribution in [0, 0.1) is 5.82 Å². The van der Waals surface area contributed by atoms with Gasteiger partial charge in [-0.3, -0.25) is 9.59 Å². The van der Waals surface area contributed by atoms with Gasteiger partial charge in [0.05, 0.1) is 11.3 Å². The van der Waals surface area contributed by atoms with Gasteiger partial charge in [0.15, 0.2) is 0 Å². The molecule has 12 heteroatoms. The van der Waals surface area contributed by atoms with Crippen molar-refractivity contribution in [1.29, 1.82) is 0 Å². The first-order chi connectivity index (χ1) is 19.8. The van der Waals surface area contributed by atoms with E-state index < -0.39 is 35.6 Å². The molecule has 2 unspecified atom stereocenters. The predicted octanol–water partition coefficient (Wildman–Crippen LogP) is 4.58. The molecule has 1 fully saturated rings. The van der Waals surface area contributed by atoms with Crippen molar-refractivity contribution in [1.82, 2.24) is 25.1 Å². The number of nitrogens with one attached hydrogen (secondary N) is 1. The first-order valence-electron chi connectivity index (χ1n) is 12.7. The number of halogens is 2. The van der Waals surface area contributed by atoms with Gasteiger partial charge in [0.1, 0.15) is 18.2 Å². The van der Waals surface area contributed by atoms with E-state index in [-0.39, 0.29) is 5.56 Å². The van der Waals surface area contributed by atoms with Crippen LogP contribution >= 0.6 is 11.6 Å². The number of rotatable bonds is 7. The van der Waals surface area contributed by atoms with Gasteiger partial charge in [-0.05, 0) is 89.5 Å². The lowest BCUT2D eigenvalue weighted by molar-refractivity contribution is -0.137. The van der Waals surface area contributed by atoms with E-state index in [1.807, 2.05) is 0 Å². The number of carbonyl (C=O) groups excluding carboxylic acids is 2. The Hall–Kier alpha value is -4.90. The van der Waals surface area contributed by atoms with Crippen LogP contribution in [0.4, 0.5) is 10.1 Å². The Kier molecular flexibility index (Phi) is 8.16. The number of benzene rings is 3. The number of tetrazole rings is 1. The molecule has 3 aromatic carbocycles. The van der Waals surface area contributed by atoms with E-state index in [1.54, 1.807) is 36.4 Å². The Morgan fingerprint density at radius 2 is 1.80 bits per heavy atom. The minimum absolute atomic E-state index is 0.0776. The molecule has 41 heavy (non-hydrogen) atoms. The van der Waals surface area contributed by atoms with Gasteiger partial charge < -0.3 is 15.3 Å². The number of piperidine rings is 1. The standard InChI is InChI=1S/C29H24ClFN6O4/c30-21-8-13-25(37-17-32-34-35-37)20(16-21)7-14-26(38)36-15-1-2-24(18-3-9-22(31)10-4-18)27(36)28(39)33-23-11-5-19(6-12-23)29(40)41/h3-14,16-17,24,27H,1-2,15H2,(H,33,39)(H,40,41). The molecule has 208 valence electrons. The Labute approximate surface area is 239 Å². The van der Waals surface area contributed by atoms with Crippen LogP contribution in [0.25, 0.3) is 11.8 Å². The van der Waals surface area contributed by atoms with Crippen molar-refractivity contribution in [2.45, 2.75) is 24.8 Å². The topological polar surface area (TPSA) is 130 Å². The SMILES string of the molecule is O=C(O)c1ccc(NC(=O)C2C(c3ccc(F)cc3)CCCN2C(=O)C=Cc2cc(Cl)ccc2-n2cnnn2)cc1. The number of hydrogen-bond acceptors (Lipinski definition) is 6. The summed E-state index contributed by atoms with van der Waals surface area (Å²) in [6.45, 7) is 0.326. The summed E-state index contributed by atoms with van der Waals surface area (Å²) in [5.74, 6) is -2.73. The van der Waals surface area contributed by atoms with Gasteiger partial charge in [-0.1, -0.05) is 23.7 Å². The van der Waals surface area contributed by atoms with Crippen LogP contribution in [-0.4, -0.2) is 60.6 Å². The molecule has 2 N–H and O–H groups in total. The van der Waals surface area contributed by atoms with Crippen molar-refractivity contribution in [3.63, 3.8) is 0 Å². The van der Waals surface area contributed by atoms with E-state index >= 15 is 0 Å². The van der Waals surface area contributed by atoms with Crippen LogP contribution in [0.3, 0.4) is 0 Å². The van der Waals surface area contributed by atoms with Gasteiger partial charge in [-0.2, -0.15) is 4.68 Å². The lowest BCUT2D eigenvalue weighted by Gasteiger charge is -2.40. The van der Waals surface area contributed by atoms with Crippen molar-refractivity contribution < 1.29 is 23.9 Å². The highest BCUT2D eigenvalue weighted by molar-refractivity contribution is 6.30. The molecule has 0 saturated carbocycles. The second kappa shape index (κ2) is 12.1. The van der Waals surface area contributed by atoms with Crippen molar-refractivity contribution in [3.05, 3.63) is 107 Å². The quantitative estimate of drug-likeness (QED) is 0.309. The van der Waals surface area contributed by atoms with E-state index in [0.29, 0.717) is 41.3 Å². The van der Waals surface area contributed by atoms with E-state index in [9.17, 15) is 23.9 Å². The summed E-state index contributed by atoms with van der Waals surface area (Å²) in [5, 5.41) is 23.7. The van der Waals surface area contributed by atoms with Crippen LogP contribution in [0.1, 0.15) is 40.2 Å². The molecule has 2 amide bonds. The van der Waals surface area contributed by atoms with Crippen molar-refractivity contribution >= 4 is 41.1 Å². The second-order valence-corrected chi connectivity index (χ2v) is 9.88. The molecule has 0 aliphatic carbocycles. The van der Waals surface area contributed by atoms with Crippen molar-refractivity contribution in [3.8, 4) is 5.69 Å². The number of carboxylic acid groups (broad SMARTS) is 1. The monoisotopic (exact) mass is 574 g/mol. The van der Waals surface area contributed by atoms with Crippen LogP contribution in [0.2, 0.25) is 5.02 Å². The molecule has 5 rings (SSSR count). The average Bonchev–Trinajstić information content (AvgIpc) is 3.51. The minimum atomic E-state index is -1.09. The van der Waals surface area contributed by atoms with Crippen molar-refractivity contribution in [2.24, 2.45) is 0 Å². The number of anilines is 1. The minimum Gasteiger partial charge on any atom is -0.478 e. The molecule has 2 heterocycles. The fraction of sp³-hybridized carbons (Fsp3) is 0.172. The van der Waals surface area contributed by atoms with Gasteiger partial charge in [-0.15, -0.1) is 5.10 Å². The lowest BCUT2D eigenvalue weighted by atomic mass is 9.82. The van der Waals surface area contributed by atoms with Gasteiger partial charge in [0.2, 0.25) is 11.8 Å². The zero-order valence-corrected chi connectivity index (χ0v) is 22.3. The number of aromatic carboxylic acids is 1. The predicted molar refractivity (Wildman–Crippen MR) is 149 cm³/mol. The lowest BCUT2D eigenvalue weighted by Crippen LogP contribution is -2.53. The smallest absolute Gasteiger partial charge is 0.335 e. The molecule has 1 aliphatic heterocycles. The maximum absolute atomic E-state index is 13.7. The number of aromatic nitrogens is 4. The van der Waals surface area contributed by atoms with Crippen molar-refractivity contribution in [2.75, 3.05) is 11.9 Å². The molecular weight excluding hydrogens is 551 g/mol. The van der Waals surface area contributed by atoms with Crippen LogP contribution < -0.4 is 5.32 Å². The number of likely N-dealkylation sites (tertiary alicyclic amines) is 1. The Bertz CT molecular complexity index is 1590. The molecule has 0 radical (unpaired) electrons. The number of nitrogens with zero attached hydrogens (tertiary/aromatic N) is 5. The Balaban J connectivity index is 1.45. The fourth-order valence-corrected chi connectivity index (χ4v) is 5.12. The Morgan fingerprint density at radius 3 is 2.49 bits per heavy atom. The van der Waals surface area contributed by atoms with Gasteiger partial charge in [0.25, 0.3) is 0 Å². The number of carboxylic acids is 1. The molecule has 2 atom stereocenters. The van der Waals surface area contributed by atoms with Crippen LogP contribution in [0.5, 0.6) is 0 Å². The zero-order chi connectivity index (χ0) is 28.9. The van der Waals surface area contributed by atoms with Crippen LogP contribution in [-0.2, 0) is 9.59 Å². The van der Waals surface area contributed by atoms with Gasteiger partial charge in [0, 0.05) is 34.8 Å². The summed E-state index contributed by atoms with van der Waals surface area (Å²) in [7, 11) is 0. The molecule has 1 saturated heterocycles. The highest BCUT2D eigenvalue weighted by atomic mass is 35.5. The summed E-state index contributed by atoms with van der Waals surface area (Å²) in [4.78, 5) is 40.1. The average molecular weight is 575 g/mol. The second-order valence-electron chi connectivity index (χ2n) is 9.44. The molecule has 4 aromatic rings. The van der Waals surface area contributed by atoms with E-state index in [1.165, 1.54) is 58.4 Å². The summed E-state index contributed by atoms with van der Waals surface area (Å²) < 4.78 is 15.1. The zero-order valence-electron chi connectivity index (χ0n) is 21.5. The van der Waals surface area contributed by atoms with E-state index in [2.05, 4.69) is 20.8 Å². The van der Waals surface area contributed by atoms with E-state index in [4.69, 9.17) is 11.6 Å². The molecule has 0 bridgehead atoms. The number of carbonyl (C=O) groups is 3. The van der Waals surface area contributed by atoms with Crippen LogP contribution in [0.15, 0.2) is 79.1 Å². The van der Waals surface area contributed by atoms with Gasteiger partial charge >= 0.3 is 5.97 Å². The Morgan fingerprint density at radius 1 is 1.05 bits per heavy atom. The highest BCUT2D eigenvalue weighted by Gasteiger charge is 2.39. The largest absolute Gasteiger partial charge is 0.478 e. The fourth-order valence-electron chi connectivity index (χ4n) is 4.93. The summed E-state index contributed by atoms with van der Waals surface area (Å²) in [5.41, 5.74) is 2.38. The highest BCUT2D eigenvalue weighted by Crippen LogP contribution is 2.34. The summed E-state index contributed by atoms with van der Waals surface area (Å²) in [6, 6.07) is 15.8. The van der Waals surface area contributed by atoms with E-state index in [0.717, 1.165) is 5.56 Å². The molecular formula is C29H24ClFN6O4. The summed E-state index contributed by atoms with van der Waals surface area (Å²) >= 11 is 6.21. The normalized spacial score (nSPS) is 17.0. The molecule has 0 spiro atoms. The summed E-state index contributed by atoms with van der Waals surface area (Å²) in [6.07, 6.45) is 5.61. The third-order valence-electron chi connectivity index (χ3n) is 6.87. The molecule has 10 nitrogen and oxygen atoms in total. The molecule has 1 aromatic heterocycles. The third kappa shape index (κ3) is 6.30. The number of amides is 2. The molecule has 1 aliphatic rings. The maximum Gasteiger partial charge on any atom is 0.335 e. The third-order valence-corrected chi connectivity index (χ3v) is 7.11. The van der Waals surface area contributed by atoms with Gasteiger partial charge in [-0.25, -0.2) is 9.18 Å². The maximum atomic E-state index is 13.7. The first kappa shape index (κ1) is 27.7. The first-order valence-corrected chi connectivity index (χ1v) is 13.1. The number of hydrogen-bond donors (Lipinski definition) is 2.